The molecular weight excluding hydrogens is 908 g/mol. The Labute approximate surface area is 450 Å². The van der Waals surface area contributed by atoms with E-state index in [9.17, 15) is 0 Å². The summed E-state index contributed by atoms with van der Waals surface area (Å²) in [5, 5.41) is 0. The molecule has 4 nitrogen and oxygen atoms in total. The number of fused-ring (bicyclic) bond motifs is 9. The van der Waals surface area contributed by atoms with E-state index in [1.807, 2.05) is 6.21 Å². The number of hydrogen-bond donors (Lipinski definition) is 0. The minimum absolute atomic E-state index is 0.00929. The van der Waals surface area contributed by atoms with Gasteiger partial charge in [-0.3, -0.25) is 4.99 Å². The number of aliphatic imine (C=N–C) groups is 1. The molecule has 3 heterocycles. The highest BCUT2D eigenvalue weighted by atomic mass is 15.3. The number of allylic oxidation sites excluding steroid dienone is 2. The van der Waals surface area contributed by atoms with Crippen molar-refractivity contribution in [2.45, 2.75) is 149 Å². The van der Waals surface area contributed by atoms with E-state index in [-0.39, 0.29) is 33.8 Å². The molecular formula is C70H77BN4. The Morgan fingerprint density at radius 2 is 1.13 bits per heavy atom. The fraction of sp³-hybridized carbons (Fsp3) is 0.329. The molecule has 0 N–H and O–H groups in total. The molecule has 0 bridgehead atoms. The van der Waals surface area contributed by atoms with E-state index in [0.29, 0.717) is 0 Å². The number of nitrogens with zero attached hydrogens (tertiary/aromatic N) is 4. The number of anilines is 8. The van der Waals surface area contributed by atoms with Crippen molar-refractivity contribution in [3.8, 4) is 0 Å². The standard InChI is InChI=1S/C70H77BN4/c1-17-45(44-72-18-2)47-26-34-59-56(38-47)69(15)37-36-46-22-19-20-25-55(46)70(69,16)75(59)54-42-62-64-63(43-54)74(53-24-21-23-49(39-53)66(6,7)8)61-41-51(68(12,13)14)29-33-57(61)71(64)58-40-50(67(9,10)11)30-35-60(58)73(62)52-31-27-48(28-32-52)65(3,4)5/h17-35,38-44H,2,36-37H2,1,3-16H3/b45-17+,72-44?. The number of aryl methyl sites for hydroxylation is 1. The summed E-state index contributed by atoms with van der Waals surface area (Å²) in [6.45, 7) is 39.1. The zero-order chi connectivity index (χ0) is 53.4. The lowest BCUT2D eigenvalue weighted by Crippen LogP contribution is -2.61. The number of rotatable bonds is 6. The maximum absolute atomic E-state index is 4.51. The second-order valence-corrected chi connectivity index (χ2v) is 26.5. The highest BCUT2D eigenvalue weighted by Gasteiger charge is 2.60. The maximum Gasteiger partial charge on any atom is 0.252 e. The van der Waals surface area contributed by atoms with Gasteiger partial charge in [0.15, 0.2) is 0 Å². The molecule has 0 radical (unpaired) electrons. The Morgan fingerprint density at radius 3 is 1.79 bits per heavy atom. The van der Waals surface area contributed by atoms with Gasteiger partial charge < -0.3 is 14.7 Å². The summed E-state index contributed by atoms with van der Waals surface area (Å²) in [7, 11) is 0. The third-order valence-electron chi connectivity index (χ3n) is 17.8. The molecule has 7 aromatic rings. The van der Waals surface area contributed by atoms with Gasteiger partial charge in [-0.25, -0.2) is 0 Å². The van der Waals surface area contributed by atoms with Crippen molar-refractivity contribution < 1.29 is 0 Å². The van der Waals surface area contributed by atoms with Crippen LogP contribution in [-0.2, 0) is 39.0 Å². The Kier molecular flexibility index (Phi) is 11.6. The molecule has 1 aliphatic carbocycles. The summed E-state index contributed by atoms with van der Waals surface area (Å²) in [4.78, 5) is 12.5. The van der Waals surface area contributed by atoms with E-state index in [0.717, 1.165) is 24.1 Å². The lowest BCUT2D eigenvalue weighted by molar-refractivity contribution is 0.245. The quantitative estimate of drug-likeness (QED) is 0.122. The van der Waals surface area contributed by atoms with Crippen LogP contribution in [0.15, 0.2) is 163 Å². The van der Waals surface area contributed by atoms with Crippen LogP contribution in [0.1, 0.15) is 155 Å². The Morgan fingerprint density at radius 1 is 0.533 bits per heavy atom. The van der Waals surface area contributed by atoms with Gasteiger partial charge in [0, 0.05) is 63.3 Å². The summed E-state index contributed by atoms with van der Waals surface area (Å²) in [5.41, 5.74) is 24.5. The van der Waals surface area contributed by atoms with E-state index in [1.54, 1.807) is 6.20 Å². The van der Waals surface area contributed by atoms with Crippen LogP contribution in [0.3, 0.4) is 0 Å². The molecule has 0 saturated carbocycles. The van der Waals surface area contributed by atoms with E-state index in [1.165, 1.54) is 101 Å². The first-order chi connectivity index (χ1) is 35.4. The first-order valence-electron chi connectivity index (χ1n) is 27.5. The molecule has 0 fully saturated rings. The molecule has 0 saturated heterocycles. The number of hydrogen-bond acceptors (Lipinski definition) is 4. The van der Waals surface area contributed by atoms with Crippen LogP contribution < -0.4 is 31.1 Å². The normalized spacial score (nSPS) is 19.1. The Hall–Kier alpha value is -6.85. The van der Waals surface area contributed by atoms with Gasteiger partial charge in [0.05, 0.1) is 5.54 Å². The predicted octanol–water partition coefficient (Wildman–Crippen LogP) is 16.8. The lowest BCUT2D eigenvalue weighted by atomic mass is 9.33. The van der Waals surface area contributed by atoms with Gasteiger partial charge in [-0.15, -0.1) is 0 Å². The second-order valence-electron chi connectivity index (χ2n) is 26.5. The molecule has 0 aromatic heterocycles. The molecule has 4 aliphatic rings. The molecule has 5 heteroatoms. The lowest BCUT2D eigenvalue weighted by Gasteiger charge is -2.52. The fourth-order valence-electron chi connectivity index (χ4n) is 13.2. The van der Waals surface area contributed by atoms with Crippen molar-refractivity contribution in [3.05, 3.63) is 203 Å². The zero-order valence-electron chi connectivity index (χ0n) is 47.5. The monoisotopic (exact) mass is 985 g/mol. The van der Waals surface area contributed by atoms with Crippen LogP contribution in [0, 0.1) is 0 Å². The number of benzene rings is 7. The third-order valence-corrected chi connectivity index (χ3v) is 17.8. The van der Waals surface area contributed by atoms with Crippen molar-refractivity contribution in [2.75, 3.05) is 14.7 Å². The maximum atomic E-state index is 4.51. The van der Waals surface area contributed by atoms with Gasteiger partial charge >= 0.3 is 0 Å². The third kappa shape index (κ3) is 7.88. The minimum atomic E-state index is -0.454. The molecule has 75 heavy (non-hydrogen) atoms. The van der Waals surface area contributed by atoms with Crippen LogP contribution in [0.5, 0.6) is 0 Å². The highest BCUT2D eigenvalue weighted by Crippen LogP contribution is 2.65. The van der Waals surface area contributed by atoms with Crippen LogP contribution >= 0.6 is 0 Å². The zero-order valence-corrected chi connectivity index (χ0v) is 47.5. The molecule has 3 aliphatic heterocycles. The minimum Gasteiger partial charge on any atom is -0.330 e. The topological polar surface area (TPSA) is 22.1 Å². The van der Waals surface area contributed by atoms with Crippen LogP contribution in [-0.4, -0.2) is 12.9 Å². The van der Waals surface area contributed by atoms with Gasteiger partial charge in [0.2, 0.25) is 0 Å². The molecule has 7 aromatic carbocycles. The molecule has 2 unspecified atom stereocenters. The average Bonchev–Trinajstić information content (AvgIpc) is 3.69. The molecule has 380 valence electrons. The van der Waals surface area contributed by atoms with Crippen LogP contribution in [0.4, 0.5) is 45.5 Å². The average molecular weight is 985 g/mol. The summed E-state index contributed by atoms with van der Waals surface area (Å²) < 4.78 is 0. The van der Waals surface area contributed by atoms with Crippen LogP contribution in [0.2, 0.25) is 0 Å². The smallest absolute Gasteiger partial charge is 0.252 e. The van der Waals surface area contributed by atoms with Gasteiger partial charge in [0.1, 0.15) is 0 Å². The Balaban J connectivity index is 1.29. The van der Waals surface area contributed by atoms with Gasteiger partial charge in [-0.1, -0.05) is 182 Å². The van der Waals surface area contributed by atoms with Gasteiger partial charge in [-0.05, 0) is 175 Å². The highest BCUT2D eigenvalue weighted by molar-refractivity contribution is 7.00. The molecule has 11 rings (SSSR count). The van der Waals surface area contributed by atoms with Crippen molar-refractivity contribution in [2.24, 2.45) is 4.99 Å². The molecule has 0 spiro atoms. The predicted molar refractivity (Wildman–Crippen MR) is 326 cm³/mol. The summed E-state index contributed by atoms with van der Waals surface area (Å²) in [6.07, 6.45) is 7.77. The van der Waals surface area contributed by atoms with Crippen molar-refractivity contribution in [1.82, 2.24) is 0 Å². The largest absolute Gasteiger partial charge is 0.330 e. The summed E-state index contributed by atoms with van der Waals surface area (Å²) >= 11 is 0. The van der Waals surface area contributed by atoms with Crippen molar-refractivity contribution in [1.29, 1.82) is 0 Å². The van der Waals surface area contributed by atoms with Gasteiger partial charge in [0.25, 0.3) is 6.71 Å². The van der Waals surface area contributed by atoms with Crippen LogP contribution in [0.25, 0.3) is 5.57 Å². The SMILES string of the molecule is C=CN=C/C(=C\C)c1ccc2c(c1)C1(C)CCc3ccccc3C1(C)N2c1cc2c3c(c1)N(c1cccc(C(C)(C)C)c1)c1cc(C(C)(C)C)ccc1B3c1cc(C(C)(C)C)ccc1N2c1ccc(C(C)(C)C)cc1. The molecule has 0 amide bonds. The van der Waals surface area contributed by atoms with E-state index in [2.05, 4.69) is 276 Å². The second kappa shape index (κ2) is 17.3. The van der Waals surface area contributed by atoms with Gasteiger partial charge in [-0.2, -0.15) is 0 Å². The van der Waals surface area contributed by atoms with E-state index < -0.39 is 5.54 Å². The first-order valence-corrected chi connectivity index (χ1v) is 27.5. The molecule has 2 atom stereocenters. The van der Waals surface area contributed by atoms with Crippen molar-refractivity contribution >= 4 is 80.4 Å². The first kappa shape index (κ1) is 50.3. The summed E-state index contributed by atoms with van der Waals surface area (Å²) in [6, 6.07) is 55.2. The van der Waals surface area contributed by atoms with E-state index in [4.69, 9.17) is 0 Å². The Bertz CT molecular complexity index is 3510. The van der Waals surface area contributed by atoms with E-state index >= 15 is 0 Å². The summed E-state index contributed by atoms with van der Waals surface area (Å²) in [5.74, 6) is 0. The fourth-order valence-corrected chi connectivity index (χ4v) is 13.2. The van der Waals surface area contributed by atoms with Crippen molar-refractivity contribution in [3.63, 3.8) is 0 Å².